The summed E-state index contributed by atoms with van der Waals surface area (Å²) in [5.41, 5.74) is 0. The van der Waals surface area contributed by atoms with E-state index >= 15 is 0 Å². The first-order chi connectivity index (χ1) is 6.82. The van der Waals surface area contributed by atoms with Gasteiger partial charge < -0.3 is 10.1 Å². The summed E-state index contributed by atoms with van der Waals surface area (Å²) in [5.74, 6) is -1.11. The van der Waals surface area contributed by atoms with E-state index in [0.717, 1.165) is 0 Å². The fourth-order valence-electron chi connectivity index (χ4n) is 1.18. The molecule has 0 fully saturated rings. The van der Waals surface area contributed by atoms with Crippen LogP contribution in [0.15, 0.2) is 0 Å². The number of carbonyl (C=O) groups excluding carboxylic acids is 1. The third kappa shape index (κ3) is 5.74. The average Bonchev–Trinajstić information content (AvgIpc) is 2.13. The van der Waals surface area contributed by atoms with Crippen LogP contribution in [0.2, 0.25) is 0 Å². The molecule has 1 N–H and O–H groups in total. The van der Waals surface area contributed by atoms with E-state index in [9.17, 15) is 13.2 Å². The van der Waals surface area contributed by atoms with Gasteiger partial charge in [0.15, 0.2) is 9.84 Å². The lowest BCUT2D eigenvalue weighted by Crippen LogP contribution is -2.39. The van der Waals surface area contributed by atoms with E-state index in [1.54, 1.807) is 7.05 Å². The molecule has 0 aliphatic carbocycles. The summed E-state index contributed by atoms with van der Waals surface area (Å²) in [6.07, 6.45) is 0. The number of sulfone groups is 1. The number of esters is 1. The molecule has 0 spiro atoms. The Kier molecular flexibility index (Phi) is 5.82. The highest BCUT2D eigenvalue weighted by molar-refractivity contribution is 7.92. The van der Waals surface area contributed by atoms with Crippen LogP contribution >= 0.6 is 0 Å². The maximum atomic E-state index is 11.5. The van der Waals surface area contributed by atoms with E-state index in [1.807, 2.05) is 13.8 Å². The fourth-order valence-corrected chi connectivity index (χ4v) is 2.87. The van der Waals surface area contributed by atoms with Gasteiger partial charge in [0.25, 0.3) is 0 Å². The molecule has 1 unspecified atom stereocenters. The smallest absolute Gasteiger partial charge is 0.320 e. The van der Waals surface area contributed by atoms with Crippen molar-refractivity contribution in [2.75, 3.05) is 25.7 Å². The van der Waals surface area contributed by atoms with E-state index in [-0.39, 0.29) is 17.7 Å². The zero-order valence-corrected chi connectivity index (χ0v) is 10.4. The molecule has 0 radical (unpaired) electrons. The number of nitrogens with one attached hydrogen (secondary N) is 1. The van der Waals surface area contributed by atoms with Crippen LogP contribution in [0.4, 0.5) is 0 Å². The van der Waals surface area contributed by atoms with Gasteiger partial charge in [0.1, 0.15) is 5.75 Å². The Morgan fingerprint density at radius 2 is 1.93 bits per heavy atom. The van der Waals surface area contributed by atoms with E-state index in [1.165, 1.54) is 7.11 Å². The summed E-state index contributed by atoms with van der Waals surface area (Å²) in [5, 5.41) is 2.92. The van der Waals surface area contributed by atoms with Crippen LogP contribution < -0.4 is 5.32 Å². The quantitative estimate of drug-likeness (QED) is 0.649. The highest BCUT2D eigenvalue weighted by Crippen LogP contribution is 2.05. The Bertz CT molecular complexity index is 297. The normalized spacial score (nSPS) is 13.9. The number of rotatable bonds is 6. The molecule has 0 aliphatic heterocycles. The summed E-state index contributed by atoms with van der Waals surface area (Å²) in [4.78, 5) is 10.8. The highest BCUT2D eigenvalue weighted by Gasteiger charge is 2.23. The Balaban J connectivity index is 4.42. The molecule has 0 aromatic rings. The molecule has 1 atom stereocenters. The molecule has 90 valence electrons. The molecule has 0 amide bonds. The molecular weight excluding hydrogens is 218 g/mol. The van der Waals surface area contributed by atoms with Crippen LogP contribution in [0.25, 0.3) is 0 Å². The number of hydrogen-bond acceptors (Lipinski definition) is 5. The highest BCUT2D eigenvalue weighted by atomic mass is 32.2. The van der Waals surface area contributed by atoms with Gasteiger partial charge in [0, 0.05) is 6.04 Å². The summed E-state index contributed by atoms with van der Waals surface area (Å²) in [6.45, 7) is 3.85. The second-order valence-electron chi connectivity index (χ2n) is 3.77. The average molecular weight is 237 g/mol. The van der Waals surface area contributed by atoms with Gasteiger partial charge in [-0.3, -0.25) is 4.79 Å². The molecule has 0 saturated heterocycles. The van der Waals surface area contributed by atoms with Gasteiger partial charge in [-0.25, -0.2) is 8.42 Å². The minimum absolute atomic E-state index is 0.0454. The van der Waals surface area contributed by atoms with Crippen molar-refractivity contribution in [3.8, 4) is 0 Å². The molecule has 0 aliphatic rings. The Hall–Kier alpha value is -0.620. The van der Waals surface area contributed by atoms with Crippen molar-refractivity contribution in [3.05, 3.63) is 0 Å². The van der Waals surface area contributed by atoms with Crippen molar-refractivity contribution >= 4 is 15.8 Å². The predicted octanol–water partition coefficient (Wildman–Crippen LogP) is -0.182. The molecule has 15 heavy (non-hydrogen) atoms. The van der Waals surface area contributed by atoms with Crippen molar-refractivity contribution in [3.63, 3.8) is 0 Å². The van der Waals surface area contributed by atoms with Gasteiger partial charge >= 0.3 is 5.97 Å². The predicted molar refractivity (Wildman–Crippen MR) is 58.4 cm³/mol. The first-order valence-corrected chi connectivity index (χ1v) is 6.59. The second kappa shape index (κ2) is 6.07. The van der Waals surface area contributed by atoms with Gasteiger partial charge in [0.05, 0.1) is 12.9 Å². The lowest BCUT2D eigenvalue weighted by Gasteiger charge is -2.19. The summed E-state index contributed by atoms with van der Waals surface area (Å²) in [6, 6.07) is -0.139. The lowest BCUT2D eigenvalue weighted by molar-refractivity contribution is -0.137. The molecular formula is C9H19NO4S. The van der Waals surface area contributed by atoms with Gasteiger partial charge in [-0.05, 0) is 13.0 Å². The fraction of sp³-hybridized carbons (Fsp3) is 0.889. The summed E-state index contributed by atoms with van der Waals surface area (Å²) >= 11 is 0. The molecule has 6 heteroatoms. The molecule has 0 bridgehead atoms. The first-order valence-electron chi connectivity index (χ1n) is 4.77. The number of hydrogen-bond donors (Lipinski definition) is 1. The standard InChI is InChI=1S/C9H19NO4S/c1-7(2)8(10-3)5-15(12,13)6-9(11)14-4/h7-8,10H,5-6H2,1-4H3. The minimum Gasteiger partial charge on any atom is -0.468 e. The van der Waals surface area contributed by atoms with E-state index < -0.39 is 21.6 Å². The second-order valence-corrected chi connectivity index (χ2v) is 5.88. The van der Waals surface area contributed by atoms with Crippen LogP contribution in [0.1, 0.15) is 13.8 Å². The Morgan fingerprint density at radius 3 is 2.27 bits per heavy atom. The first kappa shape index (κ1) is 14.4. The Labute approximate surface area is 91.1 Å². The topological polar surface area (TPSA) is 72.5 Å². The zero-order chi connectivity index (χ0) is 12.1. The van der Waals surface area contributed by atoms with Crippen molar-refractivity contribution in [1.29, 1.82) is 0 Å². The largest absolute Gasteiger partial charge is 0.468 e. The number of carbonyl (C=O) groups is 1. The van der Waals surface area contributed by atoms with Crippen molar-refractivity contribution in [2.24, 2.45) is 5.92 Å². The van der Waals surface area contributed by atoms with Crippen LogP contribution in [0.3, 0.4) is 0 Å². The molecule has 0 saturated carbocycles. The molecule has 0 heterocycles. The van der Waals surface area contributed by atoms with Gasteiger partial charge in [-0.2, -0.15) is 0 Å². The lowest BCUT2D eigenvalue weighted by atomic mass is 10.1. The van der Waals surface area contributed by atoms with Crippen LogP contribution in [0, 0.1) is 5.92 Å². The zero-order valence-electron chi connectivity index (χ0n) is 9.61. The Morgan fingerprint density at radius 1 is 1.40 bits per heavy atom. The van der Waals surface area contributed by atoms with Gasteiger partial charge in [-0.1, -0.05) is 13.8 Å². The SMILES string of the molecule is CNC(CS(=O)(=O)CC(=O)OC)C(C)C. The maximum absolute atomic E-state index is 11.5. The summed E-state index contributed by atoms with van der Waals surface area (Å²) in [7, 11) is -0.503. The van der Waals surface area contributed by atoms with E-state index in [2.05, 4.69) is 10.1 Å². The van der Waals surface area contributed by atoms with Gasteiger partial charge in [0.2, 0.25) is 0 Å². The molecule has 0 aromatic carbocycles. The van der Waals surface area contributed by atoms with Crippen molar-refractivity contribution < 1.29 is 17.9 Å². The monoisotopic (exact) mass is 237 g/mol. The third-order valence-corrected chi connectivity index (χ3v) is 3.72. The van der Waals surface area contributed by atoms with Crippen LogP contribution in [-0.2, 0) is 19.4 Å². The van der Waals surface area contributed by atoms with Crippen molar-refractivity contribution in [2.45, 2.75) is 19.9 Å². The van der Waals surface area contributed by atoms with E-state index in [0.29, 0.717) is 0 Å². The van der Waals surface area contributed by atoms with Crippen LogP contribution in [0.5, 0.6) is 0 Å². The molecule has 5 nitrogen and oxygen atoms in total. The minimum atomic E-state index is -3.39. The number of ether oxygens (including phenoxy) is 1. The third-order valence-electron chi connectivity index (χ3n) is 2.17. The van der Waals surface area contributed by atoms with E-state index in [4.69, 9.17) is 0 Å². The van der Waals surface area contributed by atoms with Gasteiger partial charge in [-0.15, -0.1) is 0 Å². The van der Waals surface area contributed by atoms with Crippen LogP contribution in [-0.4, -0.2) is 46.1 Å². The maximum Gasteiger partial charge on any atom is 0.320 e. The summed E-state index contributed by atoms with van der Waals surface area (Å²) < 4.78 is 27.4. The molecule has 0 aromatic heterocycles. The molecule has 0 rings (SSSR count). The number of methoxy groups -OCH3 is 1. The van der Waals surface area contributed by atoms with Crippen molar-refractivity contribution in [1.82, 2.24) is 5.32 Å².